The Morgan fingerprint density at radius 2 is 2.41 bits per heavy atom. The minimum absolute atomic E-state index is 0.0547. The third-order valence-electron chi connectivity index (χ3n) is 2.12. The lowest BCUT2D eigenvalue weighted by atomic mass is 10.2. The van der Waals surface area contributed by atoms with E-state index in [1.165, 1.54) is 18.7 Å². The van der Waals surface area contributed by atoms with Crippen molar-refractivity contribution in [2.75, 3.05) is 0 Å². The molecule has 0 bridgehead atoms. The Kier molecular flexibility index (Phi) is 2.99. The Balaban J connectivity index is 2.07. The van der Waals surface area contributed by atoms with Crippen LogP contribution in [-0.2, 0) is 6.54 Å². The van der Waals surface area contributed by atoms with Gasteiger partial charge in [-0.3, -0.25) is 9.59 Å². The van der Waals surface area contributed by atoms with E-state index in [9.17, 15) is 9.59 Å². The Hall–Kier alpha value is -2.44. The van der Waals surface area contributed by atoms with Crippen LogP contribution in [-0.4, -0.2) is 21.0 Å². The monoisotopic (exact) mass is 234 g/mol. The number of aromatic amines is 1. The van der Waals surface area contributed by atoms with Crippen LogP contribution in [0.2, 0.25) is 0 Å². The first-order valence-corrected chi connectivity index (χ1v) is 4.89. The summed E-state index contributed by atoms with van der Waals surface area (Å²) in [5, 5.41) is 6.05. The topological polar surface area (TPSA) is 101 Å². The van der Waals surface area contributed by atoms with Gasteiger partial charge in [0.1, 0.15) is 5.56 Å². The average molecular weight is 234 g/mol. The van der Waals surface area contributed by atoms with Crippen molar-refractivity contribution >= 4 is 5.91 Å². The molecule has 7 nitrogen and oxygen atoms in total. The molecule has 0 atom stereocenters. The second-order valence-electron chi connectivity index (χ2n) is 3.42. The first-order valence-electron chi connectivity index (χ1n) is 4.89. The first kappa shape index (κ1) is 11.1. The Morgan fingerprint density at radius 3 is 3.06 bits per heavy atom. The molecular weight excluding hydrogens is 224 g/mol. The maximum atomic E-state index is 11.7. The van der Waals surface area contributed by atoms with Gasteiger partial charge in [0, 0.05) is 18.0 Å². The molecule has 7 heteroatoms. The second kappa shape index (κ2) is 4.60. The summed E-state index contributed by atoms with van der Waals surface area (Å²) in [6.07, 6.45) is 2.55. The molecule has 2 heterocycles. The molecule has 17 heavy (non-hydrogen) atoms. The number of aromatic nitrogens is 3. The fraction of sp³-hybridized carbons (Fsp3) is 0.200. The smallest absolute Gasteiger partial charge is 0.257 e. The van der Waals surface area contributed by atoms with Gasteiger partial charge in [0.05, 0.1) is 6.54 Å². The summed E-state index contributed by atoms with van der Waals surface area (Å²) in [7, 11) is 0. The SMILES string of the molecule is Cc1cc(=O)c(C(=O)NCc2ncon2)c[nH]1. The number of pyridine rings is 1. The maximum Gasteiger partial charge on any atom is 0.257 e. The highest BCUT2D eigenvalue weighted by Gasteiger charge is 2.10. The number of hydrogen-bond donors (Lipinski definition) is 2. The first-order chi connectivity index (χ1) is 8.16. The van der Waals surface area contributed by atoms with Crippen molar-refractivity contribution in [1.82, 2.24) is 20.4 Å². The second-order valence-corrected chi connectivity index (χ2v) is 3.42. The number of rotatable bonds is 3. The van der Waals surface area contributed by atoms with Crippen LogP contribution in [0.3, 0.4) is 0 Å². The summed E-state index contributed by atoms with van der Waals surface area (Å²) >= 11 is 0. The summed E-state index contributed by atoms with van der Waals surface area (Å²) < 4.78 is 4.51. The third kappa shape index (κ3) is 2.57. The van der Waals surface area contributed by atoms with Crippen molar-refractivity contribution in [3.63, 3.8) is 0 Å². The van der Waals surface area contributed by atoms with Gasteiger partial charge in [-0.25, -0.2) is 0 Å². The molecule has 2 N–H and O–H groups in total. The summed E-state index contributed by atoms with van der Waals surface area (Å²) in [6, 6.07) is 1.36. The van der Waals surface area contributed by atoms with E-state index >= 15 is 0 Å². The van der Waals surface area contributed by atoms with Gasteiger partial charge in [-0.15, -0.1) is 0 Å². The molecule has 0 saturated heterocycles. The predicted molar refractivity (Wildman–Crippen MR) is 57.3 cm³/mol. The summed E-state index contributed by atoms with van der Waals surface area (Å²) in [4.78, 5) is 29.7. The Morgan fingerprint density at radius 1 is 1.59 bits per heavy atom. The summed E-state index contributed by atoms with van der Waals surface area (Å²) in [5.41, 5.74) is 0.427. The third-order valence-corrected chi connectivity index (χ3v) is 2.12. The van der Waals surface area contributed by atoms with Crippen molar-refractivity contribution in [3.8, 4) is 0 Å². The lowest BCUT2D eigenvalue weighted by Crippen LogP contribution is -2.28. The van der Waals surface area contributed by atoms with Crippen LogP contribution in [0.5, 0.6) is 0 Å². The fourth-order valence-electron chi connectivity index (χ4n) is 1.28. The van der Waals surface area contributed by atoms with Gasteiger partial charge in [0.15, 0.2) is 11.3 Å². The van der Waals surface area contributed by atoms with Gasteiger partial charge in [0.25, 0.3) is 5.91 Å². The van der Waals surface area contributed by atoms with E-state index in [0.29, 0.717) is 11.5 Å². The zero-order valence-electron chi connectivity index (χ0n) is 9.06. The molecule has 0 aromatic carbocycles. The molecule has 0 aliphatic heterocycles. The van der Waals surface area contributed by atoms with Crippen molar-refractivity contribution in [2.24, 2.45) is 0 Å². The largest absolute Gasteiger partial charge is 0.364 e. The molecule has 0 fully saturated rings. The number of hydrogen-bond acceptors (Lipinski definition) is 5. The molecule has 2 aromatic heterocycles. The highest BCUT2D eigenvalue weighted by molar-refractivity contribution is 5.93. The van der Waals surface area contributed by atoms with Crippen molar-refractivity contribution in [2.45, 2.75) is 13.5 Å². The highest BCUT2D eigenvalue weighted by atomic mass is 16.5. The van der Waals surface area contributed by atoms with Gasteiger partial charge >= 0.3 is 0 Å². The normalized spacial score (nSPS) is 10.2. The van der Waals surface area contributed by atoms with Crippen molar-refractivity contribution in [3.05, 3.63) is 46.0 Å². The molecule has 0 radical (unpaired) electrons. The molecule has 2 rings (SSSR count). The molecule has 2 aromatic rings. The lowest BCUT2D eigenvalue weighted by molar-refractivity contribution is 0.0948. The Bertz CT molecular complexity index is 573. The van der Waals surface area contributed by atoms with Gasteiger partial charge in [-0.1, -0.05) is 5.16 Å². The van der Waals surface area contributed by atoms with Gasteiger partial charge in [-0.2, -0.15) is 4.98 Å². The predicted octanol–water partition coefficient (Wildman–Crippen LogP) is -0.00368. The van der Waals surface area contributed by atoms with E-state index in [-0.39, 0.29) is 17.5 Å². The van der Waals surface area contributed by atoms with Gasteiger partial charge in [0.2, 0.25) is 6.39 Å². The average Bonchev–Trinajstić information content (AvgIpc) is 2.78. The molecule has 88 valence electrons. The quantitative estimate of drug-likeness (QED) is 0.778. The maximum absolute atomic E-state index is 11.7. The van der Waals surface area contributed by atoms with Crippen LogP contribution < -0.4 is 10.7 Å². The molecule has 0 spiro atoms. The minimum atomic E-state index is -0.476. The molecule has 0 aliphatic rings. The lowest BCUT2D eigenvalue weighted by Gasteiger charge is -2.02. The minimum Gasteiger partial charge on any atom is -0.364 e. The van der Waals surface area contributed by atoms with Crippen molar-refractivity contribution < 1.29 is 9.32 Å². The fourth-order valence-corrected chi connectivity index (χ4v) is 1.28. The van der Waals surface area contributed by atoms with Crippen LogP contribution in [0.1, 0.15) is 21.9 Å². The summed E-state index contributed by atoms with van der Waals surface area (Å²) in [6.45, 7) is 1.85. The molecule has 1 amide bonds. The number of carbonyl (C=O) groups excluding carboxylic acids is 1. The number of aryl methyl sites for hydroxylation is 1. The molecule has 0 unspecified atom stereocenters. The summed E-state index contributed by atoms with van der Waals surface area (Å²) in [5.74, 6) is -0.127. The van der Waals surface area contributed by atoms with E-state index in [1.54, 1.807) is 6.92 Å². The molecule has 0 aliphatic carbocycles. The number of carbonyl (C=O) groups is 1. The van der Waals surface area contributed by atoms with Crippen LogP contribution >= 0.6 is 0 Å². The zero-order valence-corrected chi connectivity index (χ0v) is 9.06. The van der Waals surface area contributed by atoms with E-state index in [2.05, 4.69) is 25.0 Å². The van der Waals surface area contributed by atoms with Gasteiger partial charge < -0.3 is 14.8 Å². The van der Waals surface area contributed by atoms with E-state index in [4.69, 9.17) is 0 Å². The highest BCUT2D eigenvalue weighted by Crippen LogP contribution is 1.93. The Labute approximate surface area is 95.9 Å². The van der Waals surface area contributed by atoms with E-state index in [0.717, 1.165) is 0 Å². The molecular formula is C10H10N4O3. The van der Waals surface area contributed by atoms with Crippen LogP contribution in [0.4, 0.5) is 0 Å². The zero-order chi connectivity index (χ0) is 12.3. The number of nitrogens with one attached hydrogen (secondary N) is 2. The van der Waals surface area contributed by atoms with E-state index in [1.807, 2.05) is 0 Å². The standard InChI is InChI=1S/C10H10N4O3/c1-6-2-8(15)7(3-11-6)10(16)12-4-9-13-5-17-14-9/h2-3,5H,4H2,1H3,(H,11,15)(H,12,16). The number of amides is 1. The number of H-pyrrole nitrogens is 1. The van der Waals surface area contributed by atoms with Crippen molar-refractivity contribution in [1.29, 1.82) is 0 Å². The van der Waals surface area contributed by atoms with Crippen LogP contribution in [0.25, 0.3) is 0 Å². The van der Waals surface area contributed by atoms with Crippen LogP contribution in [0.15, 0.2) is 28.0 Å². The van der Waals surface area contributed by atoms with Crippen LogP contribution in [0, 0.1) is 6.92 Å². The van der Waals surface area contributed by atoms with E-state index < -0.39 is 5.91 Å². The number of nitrogens with zero attached hydrogens (tertiary/aromatic N) is 2. The van der Waals surface area contributed by atoms with Gasteiger partial charge in [-0.05, 0) is 6.92 Å². The molecule has 0 saturated carbocycles.